The Kier molecular flexibility index (Phi) is 4.21. The Hall–Kier alpha value is -4.12. The molecular formula is C27H20N2O3. The highest BCUT2D eigenvalue weighted by Gasteiger charge is 2.29. The van der Waals surface area contributed by atoms with Crippen molar-refractivity contribution in [3.8, 4) is 0 Å². The summed E-state index contributed by atoms with van der Waals surface area (Å²) in [5.41, 5.74) is 3.95. The molecule has 0 radical (unpaired) electrons. The summed E-state index contributed by atoms with van der Waals surface area (Å²) in [6.07, 6.45) is 0.906. The quantitative estimate of drug-likeness (QED) is 0.373. The summed E-state index contributed by atoms with van der Waals surface area (Å²) in [5.74, 6) is -0.0737. The Balaban J connectivity index is 1.13. The monoisotopic (exact) mass is 420 g/mol. The van der Waals surface area contributed by atoms with Crippen LogP contribution in [0.2, 0.25) is 0 Å². The van der Waals surface area contributed by atoms with Gasteiger partial charge in [-0.1, -0.05) is 42.5 Å². The highest BCUT2D eigenvalue weighted by Crippen LogP contribution is 2.37. The van der Waals surface area contributed by atoms with Gasteiger partial charge in [0.1, 0.15) is 11.2 Å². The number of anilines is 2. The number of amides is 2. The molecule has 1 aliphatic heterocycles. The van der Waals surface area contributed by atoms with Gasteiger partial charge in [0.05, 0.1) is 5.69 Å². The number of carbonyl (C=O) groups is 2. The van der Waals surface area contributed by atoms with E-state index in [1.54, 1.807) is 4.90 Å². The third-order valence-corrected chi connectivity index (χ3v) is 6.10. The van der Waals surface area contributed by atoms with Crippen molar-refractivity contribution in [2.24, 2.45) is 0 Å². The minimum absolute atomic E-state index is 0.00699. The van der Waals surface area contributed by atoms with Crippen LogP contribution in [0.1, 0.15) is 23.2 Å². The predicted octanol–water partition coefficient (Wildman–Crippen LogP) is 6.12. The average molecular weight is 420 g/mol. The molecule has 0 saturated carbocycles. The first-order valence-electron chi connectivity index (χ1n) is 10.7. The van der Waals surface area contributed by atoms with Gasteiger partial charge >= 0.3 is 0 Å². The van der Waals surface area contributed by atoms with Gasteiger partial charge in [-0.3, -0.25) is 9.59 Å². The van der Waals surface area contributed by atoms with Crippen LogP contribution in [-0.2, 0) is 4.79 Å². The molecule has 0 unspecified atom stereocenters. The van der Waals surface area contributed by atoms with Gasteiger partial charge in [-0.15, -0.1) is 0 Å². The lowest BCUT2D eigenvalue weighted by molar-refractivity contribution is -0.116. The van der Waals surface area contributed by atoms with Crippen LogP contribution in [0, 0.1) is 0 Å². The summed E-state index contributed by atoms with van der Waals surface area (Å²) < 4.78 is 5.90. The fourth-order valence-corrected chi connectivity index (χ4v) is 4.63. The van der Waals surface area contributed by atoms with Gasteiger partial charge in [0.25, 0.3) is 5.91 Å². The molecule has 0 aliphatic carbocycles. The molecule has 0 spiro atoms. The number of para-hydroxylation sites is 1. The lowest BCUT2D eigenvalue weighted by Gasteiger charge is -2.17. The number of benzene rings is 4. The molecule has 1 aromatic heterocycles. The van der Waals surface area contributed by atoms with Crippen LogP contribution in [0.4, 0.5) is 11.4 Å². The number of furan rings is 1. The molecule has 0 fully saturated rings. The minimum Gasteiger partial charge on any atom is -0.456 e. The molecule has 1 N–H and O–H groups in total. The molecule has 1 aliphatic rings. The first-order valence-corrected chi connectivity index (χ1v) is 10.7. The molecule has 0 saturated heterocycles. The molecule has 6 rings (SSSR count). The SMILES string of the molecule is O=C(CCCN1C(=O)c2cccc3cccc1c23)Nc1ccc2c(c1)oc1ccccc12. The van der Waals surface area contributed by atoms with Gasteiger partial charge in [-0.2, -0.15) is 0 Å². The summed E-state index contributed by atoms with van der Waals surface area (Å²) >= 11 is 0. The van der Waals surface area contributed by atoms with Crippen molar-refractivity contribution in [2.45, 2.75) is 12.8 Å². The Labute approximate surface area is 184 Å². The molecule has 0 atom stereocenters. The number of rotatable bonds is 5. The fraction of sp³-hybridized carbons (Fsp3) is 0.111. The maximum Gasteiger partial charge on any atom is 0.258 e. The Morgan fingerprint density at radius 1 is 0.875 bits per heavy atom. The van der Waals surface area contributed by atoms with E-state index in [1.807, 2.05) is 78.9 Å². The average Bonchev–Trinajstić information content (AvgIpc) is 3.31. The van der Waals surface area contributed by atoms with Crippen LogP contribution in [0.3, 0.4) is 0 Å². The number of carbonyl (C=O) groups excluding carboxylic acids is 2. The van der Waals surface area contributed by atoms with Crippen LogP contribution in [0.5, 0.6) is 0 Å². The third-order valence-electron chi connectivity index (χ3n) is 6.10. The Morgan fingerprint density at radius 3 is 2.59 bits per heavy atom. The number of hydrogen-bond donors (Lipinski definition) is 1. The lowest BCUT2D eigenvalue weighted by atomic mass is 10.1. The molecule has 5 aromatic rings. The van der Waals surface area contributed by atoms with Crippen LogP contribution in [0.15, 0.2) is 83.3 Å². The van der Waals surface area contributed by atoms with Gasteiger partial charge in [0.15, 0.2) is 0 Å². The number of nitrogens with one attached hydrogen (secondary N) is 1. The number of hydrogen-bond acceptors (Lipinski definition) is 3. The van der Waals surface area contributed by atoms with Crippen molar-refractivity contribution in [3.63, 3.8) is 0 Å². The van der Waals surface area contributed by atoms with E-state index >= 15 is 0 Å². The van der Waals surface area contributed by atoms with Gasteiger partial charge < -0.3 is 14.6 Å². The van der Waals surface area contributed by atoms with Crippen molar-refractivity contribution in [3.05, 3.63) is 84.4 Å². The standard InChI is InChI=1S/C27H20N2O3/c30-25(28-18-13-14-20-19-8-1-2-11-23(19)32-24(20)16-18)12-5-15-29-22-10-4-7-17-6-3-9-21(26(17)22)27(29)31/h1-4,6-11,13-14,16H,5,12,15H2,(H,28,30). The van der Waals surface area contributed by atoms with E-state index in [2.05, 4.69) is 5.32 Å². The highest BCUT2D eigenvalue weighted by atomic mass is 16.3. The second kappa shape index (κ2) is 7.24. The third kappa shape index (κ3) is 2.94. The van der Waals surface area contributed by atoms with Crippen LogP contribution >= 0.6 is 0 Å². The van der Waals surface area contributed by atoms with Crippen molar-refractivity contribution >= 4 is 55.9 Å². The summed E-state index contributed by atoms with van der Waals surface area (Å²) in [7, 11) is 0. The van der Waals surface area contributed by atoms with Crippen molar-refractivity contribution in [1.82, 2.24) is 0 Å². The smallest absolute Gasteiger partial charge is 0.258 e. The predicted molar refractivity (Wildman–Crippen MR) is 127 cm³/mol. The molecule has 4 aromatic carbocycles. The number of nitrogens with zero attached hydrogens (tertiary/aromatic N) is 1. The van der Waals surface area contributed by atoms with E-state index < -0.39 is 0 Å². The second-order valence-electron chi connectivity index (χ2n) is 8.10. The molecule has 2 heterocycles. The van der Waals surface area contributed by atoms with Crippen molar-refractivity contribution in [2.75, 3.05) is 16.8 Å². The molecular weight excluding hydrogens is 400 g/mol. The zero-order valence-electron chi connectivity index (χ0n) is 17.3. The van der Waals surface area contributed by atoms with E-state index in [-0.39, 0.29) is 11.8 Å². The van der Waals surface area contributed by atoms with E-state index in [9.17, 15) is 9.59 Å². The van der Waals surface area contributed by atoms with E-state index in [0.29, 0.717) is 25.1 Å². The van der Waals surface area contributed by atoms with Gasteiger partial charge in [-0.25, -0.2) is 0 Å². The maximum absolute atomic E-state index is 12.9. The van der Waals surface area contributed by atoms with E-state index in [4.69, 9.17) is 4.42 Å². The summed E-state index contributed by atoms with van der Waals surface area (Å²) in [5, 5.41) is 7.11. The van der Waals surface area contributed by atoms with E-state index in [0.717, 1.165) is 44.0 Å². The minimum atomic E-state index is -0.0807. The van der Waals surface area contributed by atoms with E-state index in [1.165, 1.54) is 0 Å². The van der Waals surface area contributed by atoms with Crippen molar-refractivity contribution in [1.29, 1.82) is 0 Å². The normalized spacial score (nSPS) is 12.9. The molecule has 0 bridgehead atoms. The zero-order chi connectivity index (χ0) is 21.7. The van der Waals surface area contributed by atoms with Gasteiger partial charge in [0, 0.05) is 46.4 Å². The molecule has 5 nitrogen and oxygen atoms in total. The van der Waals surface area contributed by atoms with Crippen LogP contribution in [-0.4, -0.2) is 18.4 Å². The van der Waals surface area contributed by atoms with Crippen molar-refractivity contribution < 1.29 is 14.0 Å². The summed E-state index contributed by atoms with van der Waals surface area (Å²) in [6, 6.07) is 25.4. The highest BCUT2D eigenvalue weighted by molar-refractivity contribution is 6.25. The van der Waals surface area contributed by atoms with Crippen LogP contribution < -0.4 is 10.2 Å². The fourth-order valence-electron chi connectivity index (χ4n) is 4.63. The molecule has 156 valence electrons. The Morgan fingerprint density at radius 2 is 1.69 bits per heavy atom. The molecule has 32 heavy (non-hydrogen) atoms. The van der Waals surface area contributed by atoms with Crippen LogP contribution in [0.25, 0.3) is 32.7 Å². The second-order valence-corrected chi connectivity index (χ2v) is 8.10. The topological polar surface area (TPSA) is 62.6 Å². The molecule has 5 heteroatoms. The first kappa shape index (κ1) is 18.6. The van der Waals surface area contributed by atoms with Gasteiger partial charge in [-0.05, 0) is 42.1 Å². The largest absolute Gasteiger partial charge is 0.456 e. The summed E-state index contributed by atoms with van der Waals surface area (Å²) in [4.78, 5) is 27.2. The summed E-state index contributed by atoms with van der Waals surface area (Å²) in [6.45, 7) is 0.503. The zero-order valence-corrected chi connectivity index (χ0v) is 17.3. The number of fused-ring (bicyclic) bond motifs is 3. The van der Waals surface area contributed by atoms with Gasteiger partial charge in [0.2, 0.25) is 5.91 Å². The first-order chi connectivity index (χ1) is 15.7. The molecule has 2 amide bonds. The lowest BCUT2D eigenvalue weighted by Crippen LogP contribution is -2.28. The maximum atomic E-state index is 12.9. The Bertz CT molecular complexity index is 1530.